The number of carboxylic acids is 2. The number of benzene rings is 3. The van der Waals surface area contributed by atoms with Crippen molar-refractivity contribution in [2.45, 2.75) is 31.5 Å². The predicted octanol–water partition coefficient (Wildman–Crippen LogP) is 4.34. The summed E-state index contributed by atoms with van der Waals surface area (Å²) in [5.74, 6) is -3.60. The van der Waals surface area contributed by atoms with Crippen molar-refractivity contribution in [1.29, 1.82) is 5.26 Å². The van der Waals surface area contributed by atoms with Gasteiger partial charge in [0.2, 0.25) is 0 Å². The van der Waals surface area contributed by atoms with E-state index < -0.39 is 17.5 Å². The number of nitrogens with two attached hydrogens (primary N) is 1. The summed E-state index contributed by atoms with van der Waals surface area (Å²) in [6, 6.07) is 19.8. The summed E-state index contributed by atoms with van der Waals surface area (Å²) in [4.78, 5) is 23.5. The quantitative estimate of drug-likeness (QED) is 0.196. The molecule has 1 aromatic heterocycles. The normalized spacial score (nSPS) is 15.1. The Morgan fingerprint density at radius 2 is 1.79 bits per heavy atom. The van der Waals surface area contributed by atoms with Gasteiger partial charge in [0.25, 0.3) is 0 Å². The second-order valence-electron chi connectivity index (χ2n) is 10.2. The minimum atomic E-state index is -1.82. The van der Waals surface area contributed by atoms with Crippen molar-refractivity contribution in [2.24, 2.45) is 5.73 Å². The molecule has 1 aliphatic rings. The minimum Gasteiger partial charge on any atom is -0.508 e. The van der Waals surface area contributed by atoms with Crippen LogP contribution in [-0.4, -0.2) is 64.3 Å². The van der Waals surface area contributed by atoms with Gasteiger partial charge in [0, 0.05) is 17.1 Å². The molecule has 0 spiro atoms. The lowest BCUT2D eigenvalue weighted by Crippen LogP contribution is -2.28. The molecule has 0 saturated heterocycles. The maximum Gasteiger partial charge on any atom is 0.414 e. The molecule has 1 unspecified atom stereocenters. The monoisotopic (exact) mass is 590 g/mol. The Kier molecular flexibility index (Phi) is 11.4. The van der Waals surface area contributed by atoms with E-state index in [-0.39, 0.29) is 5.82 Å². The largest absolute Gasteiger partial charge is 0.508 e. The molecule has 0 bridgehead atoms. The number of nitriles is 1. The summed E-state index contributed by atoms with van der Waals surface area (Å²) in [6.07, 6.45) is 4.56. The number of halogens is 1. The van der Waals surface area contributed by atoms with E-state index in [4.69, 9.17) is 35.5 Å². The Balaban J connectivity index is 0.000000222. The first-order chi connectivity index (χ1) is 20.5. The second-order valence-corrected chi connectivity index (χ2v) is 10.2. The number of H-pyrrole nitrogens is 1. The van der Waals surface area contributed by atoms with E-state index >= 15 is 0 Å². The van der Waals surface area contributed by atoms with Gasteiger partial charge in [-0.2, -0.15) is 5.26 Å². The number of ether oxygens (including phenoxy) is 1. The number of rotatable bonds is 7. The molecule has 10 nitrogen and oxygen atoms in total. The van der Waals surface area contributed by atoms with E-state index in [0.717, 1.165) is 59.0 Å². The Morgan fingerprint density at radius 1 is 1.09 bits per heavy atom. The number of aromatic nitrogens is 1. The number of hydrogen-bond acceptors (Lipinski definition) is 7. The smallest absolute Gasteiger partial charge is 0.414 e. The van der Waals surface area contributed by atoms with E-state index in [1.165, 1.54) is 12.1 Å². The van der Waals surface area contributed by atoms with Crippen molar-refractivity contribution in [3.05, 3.63) is 100 Å². The Hall–Kier alpha value is -4.76. The zero-order chi connectivity index (χ0) is 31.6. The molecule has 0 amide bonds. The van der Waals surface area contributed by atoms with Crippen LogP contribution in [0, 0.1) is 17.1 Å². The number of aromatic hydroxyl groups is 1. The Morgan fingerprint density at radius 3 is 2.40 bits per heavy atom. The first-order valence-corrected chi connectivity index (χ1v) is 13.5. The number of phenols is 1. The molecule has 0 saturated carbocycles. The van der Waals surface area contributed by atoms with Crippen molar-refractivity contribution in [1.82, 2.24) is 9.88 Å². The van der Waals surface area contributed by atoms with Crippen LogP contribution in [0.25, 0.3) is 10.9 Å². The summed E-state index contributed by atoms with van der Waals surface area (Å²) in [6.45, 7) is 2.06. The molecule has 2 heterocycles. The van der Waals surface area contributed by atoms with Gasteiger partial charge >= 0.3 is 11.9 Å². The lowest BCUT2D eigenvalue weighted by atomic mass is 9.81. The molecule has 1 atom stereocenters. The summed E-state index contributed by atoms with van der Waals surface area (Å²) in [5, 5.41) is 34.3. The predicted molar refractivity (Wildman–Crippen MR) is 159 cm³/mol. The summed E-state index contributed by atoms with van der Waals surface area (Å²) >= 11 is 0. The van der Waals surface area contributed by atoms with E-state index in [9.17, 15) is 9.50 Å². The van der Waals surface area contributed by atoms with Crippen LogP contribution in [0.1, 0.15) is 40.7 Å². The third-order valence-electron chi connectivity index (χ3n) is 6.94. The van der Waals surface area contributed by atoms with Gasteiger partial charge in [-0.05, 0) is 111 Å². The SMILES string of the molecule is CN(C)CCCC1(c2ccc(F)cc2)OCc2cc(C#N)ccc21.NCCc1c[nH]c2ccc(O)cc12.O=C(O)C(=O)O. The first kappa shape index (κ1) is 32.8. The fraction of sp³-hybridized carbons (Fsp3) is 0.281. The van der Waals surface area contributed by atoms with Crippen molar-refractivity contribution < 1.29 is 34.0 Å². The highest BCUT2D eigenvalue weighted by Gasteiger charge is 2.41. The van der Waals surface area contributed by atoms with Gasteiger partial charge in [-0.1, -0.05) is 18.2 Å². The molecule has 43 heavy (non-hydrogen) atoms. The zero-order valence-corrected chi connectivity index (χ0v) is 24.0. The molecular weight excluding hydrogens is 555 g/mol. The fourth-order valence-corrected chi connectivity index (χ4v) is 4.94. The molecule has 5 rings (SSSR count). The van der Waals surface area contributed by atoms with Crippen LogP contribution in [0.5, 0.6) is 5.75 Å². The number of nitrogens with one attached hydrogen (secondary N) is 1. The molecule has 0 radical (unpaired) electrons. The third-order valence-corrected chi connectivity index (χ3v) is 6.94. The Bertz CT molecular complexity index is 1580. The molecule has 0 fully saturated rings. The average Bonchev–Trinajstić information content (AvgIpc) is 3.55. The summed E-state index contributed by atoms with van der Waals surface area (Å²) in [5.41, 5.74) is 10.9. The van der Waals surface area contributed by atoms with Crippen LogP contribution >= 0.6 is 0 Å². The highest BCUT2D eigenvalue weighted by Crippen LogP contribution is 2.45. The van der Waals surface area contributed by atoms with E-state index in [1.54, 1.807) is 24.3 Å². The van der Waals surface area contributed by atoms with E-state index in [1.807, 2.05) is 44.6 Å². The maximum absolute atomic E-state index is 13.4. The van der Waals surface area contributed by atoms with Crippen LogP contribution < -0.4 is 5.73 Å². The molecular formula is C32H35FN4O6. The number of phenolic OH excluding ortho intramolecular Hbond substituents is 1. The van der Waals surface area contributed by atoms with Crippen LogP contribution in [-0.2, 0) is 33.0 Å². The molecule has 1 aliphatic heterocycles. The molecule has 6 N–H and O–H groups in total. The van der Waals surface area contributed by atoms with Crippen LogP contribution in [0.3, 0.4) is 0 Å². The van der Waals surface area contributed by atoms with Crippen LogP contribution in [0.2, 0.25) is 0 Å². The topological polar surface area (TPSA) is 173 Å². The maximum atomic E-state index is 13.4. The fourth-order valence-electron chi connectivity index (χ4n) is 4.94. The van der Waals surface area contributed by atoms with Crippen molar-refractivity contribution >= 4 is 22.8 Å². The summed E-state index contributed by atoms with van der Waals surface area (Å²) in [7, 11) is 4.10. The van der Waals surface area contributed by atoms with Crippen molar-refractivity contribution in [2.75, 3.05) is 27.2 Å². The van der Waals surface area contributed by atoms with Crippen molar-refractivity contribution in [3.63, 3.8) is 0 Å². The molecule has 11 heteroatoms. The van der Waals surface area contributed by atoms with Crippen LogP contribution in [0.15, 0.2) is 66.9 Å². The molecule has 0 aliphatic carbocycles. The van der Waals surface area contributed by atoms with Crippen molar-refractivity contribution in [3.8, 4) is 11.8 Å². The number of nitrogens with zero attached hydrogens (tertiary/aromatic N) is 2. The average molecular weight is 591 g/mol. The Labute approximate surface area is 248 Å². The van der Waals surface area contributed by atoms with Gasteiger partial charge in [-0.25, -0.2) is 14.0 Å². The second kappa shape index (κ2) is 14.9. The number of carboxylic acid groups (broad SMARTS) is 2. The first-order valence-electron chi connectivity index (χ1n) is 13.5. The van der Waals surface area contributed by atoms with Gasteiger partial charge in [0.05, 0.1) is 18.2 Å². The number of carbonyl (C=O) groups is 2. The molecule has 3 aromatic carbocycles. The van der Waals surface area contributed by atoms with Gasteiger partial charge < -0.3 is 35.7 Å². The highest BCUT2D eigenvalue weighted by atomic mass is 19.1. The van der Waals surface area contributed by atoms with Gasteiger partial charge in [0.1, 0.15) is 17.2 Å². The van der Waals surface area contributed by atoms with Gasteiger partial charge in [0.15, 0.2) is 0 Å². The molecule has 226 valence electrons. The lowest BCUT2D eigenvalue weighted by Gasteiger charge is -2.31. The number of aromatic amines is 1. The van der Waals surface area contributed by atoms with Gasteiger partial charge in [-0.15, -0.1) is 0 Å². The van der Waals surface area contributed by atoms with Crippen LogP contribution in [0.4, 0.5) is 4.39 Å². The number of fused-ring (bicyclic) bond motifs is 2. The van der Waals surface area contributed by atoms with Gasteiger partial charge in [-0.3, -0.25) is 0 Å². The minimum absolute atomic E-state index is 0.250. The number of hydrogen-bond donors (Lipinski definition) is 5. The van der Waals surface area contributed by atoms with E-state index in [2.05, 4.69) is 16.0 Å². The number of aliphatic carboxylic acids is 2. The highest BCUT2D eigenvalue weighted by molar-refractivity contribution is 6.27. The standard InChI is InChI=1S/C20H21FN2O.C10H12N2O.C2H2O4/c1-23(2)11-3-10-20(17-5-7-18(21)8-6-17)19-9-4-15(13-22)12-16(19)14-24-20;11-4-3-7-6-12-10-2-1-8(13)5-9(7)10;3-1(4)2(5)6/h4-9,12H,3,10-11,14H2,1-2H3;1-2,5-6,12-13H,3-4,11H2;(H,3,4)(H,5,6). The van der Waals surface area contributed by atoms with E-state index in [0.29, 0.717) is 24.5 Å². The zero-order valence-electron chi connectivity index (χ0n) is 24.0. The molecule has 4 aromatic rings. The lowest BCUT2D eigenvalue weighted by molar-refractivity contribution is -0.159. The summed E-state index contributed by atoms with van der Waals surface area (Å²) < 4.78 is 19.6. The third kappa shape index (κ3) is 8.39.